The van der Waals surface area contributed by atoms with Gasteiger partial charge in [0, 0.05) is 22.1 Å². The van der Waals surface area contributed by atoms with Crippen LogP contribution in [-0.4, -0.2) is 0 Å². The maximum absolute atomic E-state index is 3.91. The molecule has 0 aliphatic heterocycles. The van der Waals surface area contributed by atoms with Gasteiger partial charge in [0.05, 0.1) is 0 Å². The summed E-state index contributed by atoms with van der Waals surface area (Å²) in [6.45, 7) is 0. The maximum Gasteiger partial charge on any atom is 0.0470 e. The van der Waals surface area contributed by atoms with Crippen molar-refractivity contribution < 1.29 is 0 Å². The monoisotopic (exact) mass is 521 g/mol. The average Bonchev–Trinajstić information content (AvgIpc) is 3.04. The molecule has 0 aliphatic rings. The summed E-state index contributed by atoms with van der Waals surface area (Å²) < 4.78 is 0. The predicted octanol–water partition coefficient (Wildman–Crippen LogP) is 11.4. The molecule has 8 rings (SSSR count). The fourth-order valence-electron chi connectivity index (χ4n) is 6.24. The van der Waals surface area contributed by atoms with Crippen LogP contribution in [0.5, 0.6) is 0 Å². The van der Waals surface area contributed by atoms with E-state index in [1.165, 1.54) is 65.3 Å². The number of rotatable bonds is 4. The van der Waals surface area contributed by atoms with Crippen LogP contribution in [0.25, 0.3) is 65.3 Å². The first-order valence-electron chi connectivity index (χ1n) is 14.1. The number of hydrogen-bond donors (Lipinski definition) is 1. The van der Waals surface area contributed by atoms with Crippen molar-refractivity contribution in [3.63, 3.8) is 0 Å². The van der Waals surface area contributed by atoms with Gasteiger partial charge in [-0.15, -0.1) is 0 Å². The molecule has 0 fully saturated rings. The molecule has 0 radical (unpaired) electrons. The molecule has 1 nitrogen and oxygen atoms in total. The molecule has 8 aromatic rings. The van der Waals surface area contributed by atoms with Crippen molar-refractivity contribution in [1.82, 2.24) is 0 Å². The Kier molecular flexibility index (Phi) is 5.53. The summed E-state index contributed by atoms with van der Waals surface area (Å²) in [6.07, 6.45) is 0. The number of anilines is 2. The van der Waals surface area contributed by atoms with Crippen LogP contribution in [0.1, 0.15) is 0 Å². The Hall–Kier alpha value is -5.40. The van der Waals surface area contributed by atoms with Crippen LogP contribution in [-0.2, 0) is 0 Å². The Bertz CT molecular complexity index is 2070. The third-order valence-corrected chi connectivity index (χ3v) is 8.19. The minimum Gasteiger partial charge on any atom is -0.354 e. The SMILES string of the molecule is c1ccc2c(Nc3cc(-c4cccc5ccccc45)cc4ccccc34)cc(-c3cccc4ccccc34)cc2c1. The highest BCUT2D eigenvalue weighted by Crippen LogP contribution is 2.39. The number of benzene rings is 8. The minimum absolute atomic E-state index is 1.10. The molecule has 0 unspecified atom stereocenters. The fraction of sp³-hybridized carbons (Fsp3) is 0. The molecule has 0 bridgehead atoms. The van der Waals surface area contributed by atoms with E-state index in [4.69, 9.17) is 0 Å². The van der Waals surface area contributed by atoms with Gasteiger partial charge in [0.25, 0.3) is 0 Å². The third-order valence-electron chi connectivity index (χ3n) is 8.19. The van der Waals surface area contributed by atoms with E-state index in [0.717, 1.165) is 11.4 Å². The summed E-state index contributed by atoms with van der Waals surface area (Å²) in [6, 6.07) is 57.0. The second-order valence-electron chi connectivity index (χ2n) is 10.7. The Morgan fingerprint density at radius 1 is 0.293 bits per heavy atom. The molecular weight excluding hydrogens is 494 g/mol. The van der Waals surface area contributed by atoms with Gasteiger partial charge >= 0.3 is 0 Å². The van der Waals surface area contributed by atoms with E-state index in [9.17, 15) is 0 Å². The lowest BCUT2D eigenvalue weighted by molar-refractivity contribution is 1.59. The van der Waals surface area contributed by atoms with Crippen molar-refractivity contribution >= 4 is 54.5 Å². The van der Waals surface area contributed by atoms with E-state index in [-0.39, 0.29) is 0 Å². The number of hydrogen-bond acceptors (Lipinski definition) is 1. The van der Waals surface area contributed by atoms with Crippen molar-refractivity contribution in [2.45, 2.75) is 0 Å². The topological polar surface area (TPSA) is 12.0 Å². The smallest absolute Gasteiger partial charge is 0.0470 e. The van der Waals surface area contributed by atoms with Crippen LogP contribution in [0.3, 0.4) is 0 Å². The van der Waals surface area contributed by atoms with E-state index < -0.39 is 0 Å². The van der Waals surface area contributed by atoms with Crippen LogP contribution >= 0.6 is 0 Å². The van der Waals surface area contributed by atoms with Crippen LogP contribution < -0.4 is 5.32 Å². The molecule has 0 saturated carbocycles. The van der Waals surface area contributed by atoms with Crippen LogP contribution in [0.2, 0.25) is 0 Å². The Morgan fingerprint density at radius 2 is 0.659 bits per heavy atom. The Balaban J connectivity index is 1.34. The summed E-state index contributed by atoms with van der Waals surface area (Å²) in [5.74, 6) is 0. The quantitative estimate of drug-likeness (QED) is 0.243. The average molecular weight is 522 g/mol. The Labute approximate surface area is 239 Å². The molecule has 0 aromatic heterocycles. The molecule has 192 valence electrons. The van der Waals surface area contributed by atoms with E-state index in [1.54, 1.807) is 0 Å². The number of nitrogens with one attached hydrogen (secondary N) is 1. The molecule has 0 heterocycles. The molecule has 0 atom stereocenters. The van der Waals surface area contributed by atoms with E-state index in [2.05, 4.69) is 163 Å². The second-order valence-corrected chi connectivity index (χ2v) is 10.7. The van der Waals surface area contributed by atoms with Crippen LogP contribution in [0.15, 0.2) is 158 Å². The van der Waals surface area contributed by atoms with Crippen molar-refractivity contribution in [1.29, 1.82) is 0 Å². The summed E-state index contributed by atoms with van der Waals surface area (Å²) in [5, 5.41) is 13.8. The maximum atomic E-state index is 3.91. The minimum atomic E-state index is 1.10. The van der Waals surface area contributed by atoms with Gasteiger partial charge in [-0.25, -0.2) is 0 Å². The Morgan fingerprint density at radius 3 is 1.12 bits per heavy atom. The van der Waals surface area contributed by atoms with Crippen LogP contribution in [0, 0.1) is 0 Å². The molecule has 0 amide bonds. The first-order chi connectivity index (χ1) is 20.3. The molecule has 1 heteroatoms. The highest BCUT2D eigenvalue weighted by Gasteiger charge is 2.13. The standard InChI is InChI=1S/C40H27N/c1-5-17-33-27(11-1)15-9-21-35(33)31-23-29-13-3-7-19-37(29)39(25-31)41-40-26-32(24-30-14-4-8-20-38(30)40)36-22-10-16-28-12-2-6-18-34(28)36/h1-26,41H. The highest BCUT2D eigenvalue weighted by molar-refractivity contribution is 6.07. The zero-order valence-electron chi connectivity index (χ0n) is 22.5. The van der Waals surface area contributed by atoms with Gasteiger partial charge in [0.15, 0.2) is 0 Å². The molecule has 0 saturated heterocycles. The van der Waals surface area contributed by atoms with Crippen molar-refractivity contribution in [2.75, 3.05) is 5.32 Å². The van der Waals surface area contributed by atoms with Gasteiger partial charge in [-0.3, -0.25) is 0 Å². The normalized spacial score (nSPS) is 11.4. The second kappa shape index (κ2) is 9.66. The highest BCUT2D eigenvalue weighted by atomic mass is 14.9. The molecule has 8 aromatic carbocycles. The van der Waals surface area contributed by atoms with Crippen molar-refractivity contribution in [3.05, 3.63) is 158 Å². The van der Waals surface area contributed by atoms with Gasteiger partial charge in [0.1, 0.15) is 0 Å². The van der Waals surface area contributed by atoms with E-state index in [0.29, 0.717) is 0 Å². The van der Waals surface area contributed by atoms with Gasteiger partial charge in [-0.1, -0.05) is 133 Å². The summed E-state index contributed by atoms with van der Waals surface area (Å²) in [7, 11) is 0. The first kappa shape index (κ1) is 23.5. The fourth-order valence-corrected chi connectivity index (χ4v) is 6.24. The van der Waals surface area contributed by atoms with Gasteiger partial charge in [-0.2, -0.15) is 0 Å². The predicted molar refractivity (Wildman–Crippen MR) is 177 cm³/mol. The lowest BCUT2D eigenvalue weighted by Crippen LogP contribution is -1.95. The van der Waals surface area contributed by atoms with Gasteiger partial charge < -0.3 is 5.32 Å². The molecule has 1 N–H and O–H groups in total. The van der Waals surface area contributed by atoms with Gasteiger partial charge in [-0.05, 0) is 78.8 Å². The first-order valence-corrected chi connectivity index (χ1v) is 14.1. The summed E-state index contributed by atoms with van der Waals surface area (Å²) >= 11 is 0. The molecule has 41 heavy (non-hydrogen) atoms. The van der Waals surface area contributed by atoms with Crippen LogP contribution in [0.4, 0.5) is 11.4 Å². The van der Waals surface area contributed by atoms with E-state index in [1.807, 2.05) is 0 Å². The third kappa shape index (κ3) is 4.11. The zero-order chi connectivity index (χ0) is 27.2. The zero-order valence-corrected chi connectivity index (χ0v) is 22.5. The molecule has 0 spiro atoms. The van der Waals surface area contributed by atoms with E-state index >= 15 is 0 Å². The summed E-state index contributed by atoms with van der Waals surface area (Å²) in [4.78, 5) is 0. The lowest BCUT2D eigenvalue weighted by atomic mass is 9.94. The molecular formula is C40H27N. The van der Waals surface area contributed by atoms with Crippen molar-refractivity contribution in [3.8, 4) is 22.3 Å². The lowest BCUT2D eigenvalue weighted by Gasteiger charge is -2.17. The molecule has 0 aliphatic carbocycles. The number of fused-ring (bicyclic) bond motifs is 4. The van der Waals surface area contributed by atoms with Gasteiger partial charge in [0.2, 0.25) is 0 Å². The summed E-state index contributed by atoms with van der Waals surface area (Å²) in [5.41, 5.74) is 7.10. The largest absolute Gasteiger partial charge is 0.354 e. The van der Waals surface area contributed by atoms with Crippen molar-refractivity contribution in [2.24, 2.45) is 0 Å².